The molecule has 1 N–H and O–H groups in total. The van der Waals surface area contributed by atoms with E-state index < -0.39 is 21.9 Å². The number of hydrogen-bond donors (Lipinski definition) is 1. The zero-order valence-electron chi connectivity index (χ0n) is 11.3. The number of nitrogens with zero attached hydrogens (tertiary/aromatic N) is 2. The Morgan fingerprint density at radius 2 is 1.95 bits per heavy atom. The molecule has 0 aliphatic carbocycles. The molecule has 0 spiro atoms. The Morgan fingerprint density at radius 3 is 2.40 bits per heavy atom. The van der Waals surface area contributed by atoms with Crippen LogP contribution in [0, 0.1) is 17.2 Å². The third-order valence-electron chi connectivity index (χ3n) is 2.87. The number of sulfonamides is 1. The lowest BCUT2D eigenvalue weighted by molar-refractivity contribution is -0.141. The topological polar surface area (TPSA) is 98.5 Å². The molecule has 0 saturated heterocycles. The second kappa shape index (κ2) is 6.50. The van der Waals surface area contributed by atoms with Gasteiger partial charge in [-0.15, -0.1) is 0 Å². The molecule has 7 heteroatoms. The smallest absolute Gasteiger partial charge is 0.307 e. The maximum Gasteiger partial charge on any atom is 0.307 e. The fourth-order valence-electron chi connectivity index (χ4n) is 1.61. The van der Waals surface area contributed by atoms with E-state index in [9.17, 15) is 13.2 Å². The summed E-state index contributed by atoms with van der Waals surface area (Å²) in [6.07, 6.45) is 0.214. The summed E-state index contributed by atoms with van der Waals surface area (Å²) in [6.45, 7) is 1.35. The summed E-state index contributed by atoms with van der Waals surface area (Å²) < 4.78 is 25.5. The van der Waals surface area contributed by atoms with Crippen molar-refractivity contribution >= 4 is 16.0 Å². The second-order valence-corrected chi connectivity index (χ2v) is 6.55. The molecule has 0 amide bonds. The minimum atomic E-state index is -3.71. The quantitative estimate of drug-likeness (QED) is 0.847. The number of nitriles is 1. The first-order chi connectivity index (χ1) is 9.28. The molecule has 1 unspecified atom stereocenters. The van der Waals surface area contributed by atoms with Gasteiger partial charge in [0.25, 0.3) is 0 Å². The van der Waals surface area contributed by atoms with E-state index in [2.05, 4.69) is 0 Å². The van der Waals surface area contributed by atoms with Gasteiger partial charge in [0.15, 0.2) is 0 Å². The fourth-order valence-corrected chi connectivity index (χ4v) is 2.87. The molecule has 1 atom stereocenters. The number of hydrogen-bond acceptors (Lipinski definition) is 4. The van der Waals surface area contributed by atoms with Crippen LogP contribution in [0.1, 0.15) is 12.5 Å². The molecular formula is C13H16N2O4S. The van der Waals surface area contributed by atoms with E-state index in [1.165, 1.54) is 26.1 Å². The molecule has 108 valence electrons. The number of carboxylic acids is 1. The minimum absolute atomic E-state index is 0.0827. The minimum Gasteiger partial charge on any atom is -0.481 e. The molecule has 0 aromatic heterocycles. The summed E-state index contributed by atoms with van der Waals surface area (Å²) >= 11 is 0. The van der Waals surface area contributed by atoms with Crippen LogP contribution in [0.15, 0.2) is 29.2 Å². The van der Waals surface area contributed by atoms with Crippen molar-refractivity contribution in [2.24, 2.45) is 5.92 Å². The van der Waals surface area contributed by atoms with Gasteiger partial charge in [0.1, 0.15) is 0 Å². The highest BCUT2D eigenvalue weighted by Crippen LogP contribution is 2.16. The first-order valence-electron chi connectivity index (χ1n) is 5.94. The monoisotopic (exact) mass is 296 g/mol. The maximum absolute atomic E-state index is 12.2. The number of carbonyl (C=O) groups is 1. The van der Waals surface area contributed by atoms with Crippen molar-refractivity contribution in [1.82, 2.24) is 4.31 Å². The van der Waals surface area contributed by atoms with Crippen molar-refractivity contribution < 1.29 is 18.3 Å². The Balaban J connectivity index is 2.93. The van der Waals surface area contributed by atoms with Crippen molar-refractivity contribution in [2.45, 2.75) is 18.2 Å². The molecule has 1 aromatic carbocycles. The lowest BCUT2D eigenvalue weighted by Crippen LogP contribution is -2.33. The van der Waals surface area contributed by atoms with Crippen molar-refractivity contribution in [3.63, 3.8) is 0 Å². The highest BCUT2D eigenvalue weighted by atomic mass is 32.2. The second-order valence-electron chi connectivity index (χ2n) is 4.50. The molecular weight excluding hydrogens is 280 g/mol. The van der Waals surface area contributed by atoms with Gasteiger partial charge in [-0.05, 0) is 17.7 Å². The van der Waals surface area contributed by atoms with Crippen molar-refractivity contribution in [3.8, 4) is 6.07 Å². The summed E-state index contributed by atoms with van der Waals surface area (Å²) in [6, 6.07) is 7.97. The number of rotatable bonds is 6. The van der Waals surface area contributed by atoms with Gasteiger partial charge in [-0.3, -0.25) is 4.79 Å². The van der Waals surface area contributed by atoms with Crippen LogP contribution in [-0.2, 0) is 21.2 Å². The molecule has 0 saturated carbocycles. The standard InChI is InChI=1S/C13H16N2O4S/c1-10(13(16)17)9-15(2)20(18,19)12-5-3-11(4-6-12)7-8-14/h3-6,10H,7,9H2,1-2H3,(H,16,17). The Kier molecular flexibility index (Phi) is 5.25. The largest absolute Gasteiger partial charge is 0.481 e. The molecule has 0 heterocycles. The van der Waals surface area contributed by atoms with Crippen LogP contribution in [0.2, 0.25) is 0 Å². The molecule has 0 aliphatic rings. The average molecular weight is 296 g/mol. The van der Waals surface area contributed by atoms with E-state index in [-0.39, 0.29) is 17.9 Å². The maximum atomic E-state index is 12.2. The first kappa shape index (κ1) is 16.1. The highest BCUT2D eigenvalue weighted by molar-refractivity contribution is 7.89. The molecule has 0 aliphatic heterocycles. The van der Waals surface area contributed by atoms with Crippen molar-refractivity contribution in [1.29, 1.82) is 5.26 Å². The Bertz CT molecular complexity index is 617. The predicted octanol–water partition coefficient (Wildman–Crippen LogP) is 1.09. The van der Waals surface area contributed by atoms with Crippen molar-refractivity contribution in [2.75, 3.05) is 13.6 Å². The van der Waals surface area contributed by atoms with Gasteiger partial charge in [0.05, 0.1) is 23.3 Å². The Morgan fingerprint density at radius 1 is 1.40 bits per heavy atom. The summed E-state index contributed by atoms with van der Waals surface area (Å²) in [5, 5.41) is 17.4. The number of benzene rings is 1. The van der Waals surface area contributed by atoms with Crippen LogP contribution in [0.4, 0.5) is 0 Å². The van der Waals surface area contributed by atoms with Crippen LogP contribution >= 0.6 is 0 Å². The van der Waals surface area contributed by atoms with Gasteiger partial charge in [0, 0.05) is 13.6 Å². The van der Waals surface area contributed by atoms with E-state index >= 15 is 0 Å². The summed E-state index contributed by atoms with van der Waals surface area (Å²) in [5.41, 5.74) is 0.730. The van der Waals surface area contributed by atoms with Gasteiger partial charge < -0.3 is 5.11 Å². The average Bonchev–Trinajstić information content (AvgIpc) is 2.39. The Hall–Kier alpha value is -1.91. The molecule has 1 aromatic rings. The summed E-state index contributed by atoms with van der Waals surface area (Å²) in [4.78, 5) is 10.8. The van der Waals surface area contributed by atoms with Gasteiger partial charge in [-0.2, -0.15) is 5.26 Å². The van der Waals surface area contributed by atoms with E-state index in [1.807, 2.05) is 6.07 Å². The fraction of sp³-hybridized carbons (Fsp3) is 0.385. The lowest BCUT2D eigenvalue weighted by Gasteiger charge is -2.19. The van der Waals surface area contributed by atoms with E-state index in [0.717, 1.165) is 9.87 Å². The lowest BCUT2D eigenvalue weighted by atomic mass is 10.2. The molecule has 0 radical (unpaired) electrons. The van der Waals surface area contributed by atoms with Gasteiger partial charge in [0.2, 0.25) is 10.0 Å². The predicted molar refractivity (Wildman–Crippen MR) is 72.4 cm³/mol. The summed E-state index contributed by atoms with van der Waals surface area (Å²) in [5.74, 6) is -1.83. The molecule has 0 fully saturated rings. The van der Waals surface area contributed by atoms with Crippen LogP contribution < -0.4 is 0 Å². The van der Waals surface area contributed by atoms with E-state index in [0.29, 0.717) is 0 Å². The van der Waals surface area contributed by atoms with Crippen LogP contribution in [0.25, 0.3) is 0 Å². The van der Waals surface area contributed by atoms with Gasteiger partial charge in [-0.25, -0.2) is 12.7 Å². The van der Waals surface area contributed by atoms with Crippen LogP contribution in [0.5, 0.6) is 0 Å². The van der Waals surface area contributed by atoms with Crippen molar-refractivity contribution in [3.05, 3.63) is 29.8 Å². The normalized spacial score (nSPS) is 12.9. The molecule has 1 rings (SSSR count). The zero-order chi connectivity index (χ0) is 15.3. The molecule has 20 heavy (non-hydrogen) atoms. The third kappa shape index (κ3) is 3.79. The van der Waals surface area contributed by atoms with Crippen LogP contribution in [-0.4, -0.2) is 37.4 Å². The van der Waals surface area contributed by atoms with E-state index in [1.54, 1.807) is 12.1 Å². The molecule has 0 bridgehead atoms. The van der Waals surface area contributed by atoms with Crippen LogP contribution in [0.3, 0.4) is 0 Å². The Labute approximate surface area is 118 Å². The van der Waals surface area contributed by atoms with Gasteiger partial charge >= 0.3 is 5.97 Å². The number of aliphatic carboxylic acids is 1. The third-order valence-corrected chi connectivity index (χ3v) is 4.70. The SMILES string of the molecule is CC(CN(C)S(=O)(=O)c1ccc(CC#N)cc1)C(=O)O. The first-order valence-corrected chi connectivity index (χ1v) is 7.38. The van der Waals surface area contributed by atoms with Gasteiger partial charge in [-0.1, -0.05) is 19.1 Å². The highest BCUT2D eigenvalue weighted by Gasteiger charge is 2.24. The molecule has 6 nitrogen and oxygen atoms in total. The zero-order valence-corrected chi connectivity index (χ0v) is 12.1. The summed E-state index contributed by atoms with van der Waals surface area (Å²) in [7, 11) is -2.37. The van der Waals surface area contributed by atoms with E-state index in [4.69, 9.17) is 10.4 Å². The number of carboxylic acid groups (broad SMARTS) is 1.